The van der Waals surface area contributed by atoms with Gasteiger partial charge in [-0.15, -0.1) is 0 Å². The Morgan fingerprint density at radius 2 is 1.84 bits per heavy atom. The van der Waals surface area contributed by atoms with Gasteiger partial charge in [-0.25, -0.2) is 4.68 Å². The fourth-order valence-corrected chi connectivity index (χ4v) is 3.90. The van der Waals surface area contributed by atoms with Gasteiger partial charge in [0.1, 0.15) is 12.2 Å². The van der Waals surface area contributed by atoms with Crippen molar-refractivity contribution >= 4 is 29.1 Å². The molecule has 0 aliphatic carbocycles. The number of carbonyl (C=O) groups is 2. The molecule has 2 heterocycles. The fraction of sp³-hybridized carbons (Fsp3) is 0.217. The molecule has 0 unspecified atom stereocenters. The Balaban J connectivity index is 1.50. The molecular weight excluding hydrogens is 416 g/mol. The van der Waals surface area contributed by atoms with Crippen molar-refractivity contribution in [2.75, 3.05) is 4.90 Å². The summed E-state index contributed by atoms with van der Waals surface area (Å²) < 4.78 is 1.00. The number of aromatic nitrogens is 2. The van der Waals surface area contributed by atoms with Crippen LogP contribution >= 0.6 is 11.6 Å². The average Bonchev–Trinajstić information content (AvgIpc) is 3.10. The molecule has 158 valence electrons. The summed E-state index contributed by atoms with van der Waals surface area (Å²) in [7, 11) is 0. The number of nitrogens with one attached hydrogen (secondary N) is 1. The van der Waals surface area contributed by atoms with E-state index < -0.39 is 11.5 Å². The second-order valence-electron chi connectivity index (χ2n) is 7.44. The molecule has 1 aromatic heterocycles. The Morgan fingerprint density at radius 3 is 2.65 bits per heavy atom. The fourth-order valence-electron chi connectivity index (χ4n) is 3.70. The van der Waals surface area contributed by atoms with Crippen molar-refractivity contribution in [1.29, 1.82) is 0 Å². The van der Waals surface area contributed by atoms with Gasteiger partial charge in [0.05, 0.1) is 0 Å². The summed E-state index contributed by atoms with van der Waals surface area (Å²) in [4.78, 5) is 39.4. The maximum atomic E-state index is 13.2. The number of benzene rings is 2. The number of rotatable bonds is 5. The van der Waals surface area contributed by atoms with Crippen molar-refractivity contribution in [1.82, 2.24) is 15.1 Å². The molecular formula is C23H21ClN4O3. The summed E-state index contributed by atoms with van der Waals surface area (Å²) in [5, 5.41) is 7.43. The number of nitrogens with zero attached hydrogens (tertiary/aromatic N) is 3. The van der Waals surface area contributed by atoms with Crippen LogP contribution in [-0.2, 0) is 24.3 Å². The van der Waals surface area contributed by atoms with Crippen LogP contribution in [0.15, 0.2) is 65.5 Å². The average molecular weight is 437 g/mol. The van der Waals surface area contributed by atoms with Crippen molar-refractivity contribution in [3.63, 3.8) is 0 Å². The smallest absolute Gasteiger partial charge is 0.278 e. The van der Waals surface area contributed by atoms with Crippen LogP contribution in [0.2, 0.25) is 5.02 Å². The minimum Gasteiger partial charge on any atom is -0.350 e. The number of halogens is 1. The Bertz CT molecular complexity index is 1210. The molecule has 1 atom stereocenters. The van der Waals surface area contributed by atoms with Gasteiger partial charge < -0.3 is 10.2 Å². The summed E-state index contributed by atoms with van der Waals surface area (Å²) >= 11 is 6.10. The number of carbonyl (C=O) groups excluding carboxylic acids is 2. The van der Waals surface area contributed by atoms with Crippen molar-refractivity contribution in [2.24, 2.45) is 0 Å². The van der Waals surface area contributed by atoms with Crippen LogP contribution in [0.25, 0.3) is 0 Å². The minimum absolute atomic E-state index is 0.0222. The lowest BCUT2D eigenvalue weighted by Gasteiger charge is -2.22. The van der Waals surface area contributed by atoms with E-state index >= 15 is 0 Å². The number of fused-ring (bicyclic) bond motifs is 1. The van der Waals surface area contributed by atoms with Gasteiger partial charge in [-0.3, -0.25) is 14.4 Å². The van der Waals surface area contributed by atoms with E-state index in [9.17, 15) is 14.4 Å². The van der Waals surface area contributed by atoms with Crippen LogP contribution < -0.4 is 15.8 Å². The highest BCUT2D eigenvalue weighted by Crippen LogP contribution is 2.32. The van der Waals surface area contributed by atoms with Gasteiger partial charge in [0.15, 0.2) is 0 Å². The topological polar surface area (TPSA) is 84.3 Å². The first-order valence-electron chi connectivity index (χ1n) is 9.94. The van der Waals surface area contributed by atoms with Crippen LogP contribution in [0.5, 0.6) is 0 Å². The molecule has 7 nitrogen and oxygen atoms in total. The molecule has 31 heavy (non-hydrogen) atoms. The molecule has 1 aliphatic rings. The number of para-hydroxylation sites is 1. The maximum Gasteiger partial charge on any atom is 0.278 e. The van der Waals surface area contributed by atoms with E-state index in [4.69, 9.17) is 11.6 Å². The lowest BCUT2D eigenvalue weighted by Crippen LogP contribution is -2.39. The lowest BCUT2D eigenvalue weighted by atomic mass is 10.1. The van der Waals surface area contributed by atoms with Crippen molar-refractivity contribution in [3.8, 4) is 0 Å². The molecule has 2 amide bonds. The van der Waals surface area contributed by atoms with E-state index in [1.807, 2.05) is 37.3 Å². The minimum atomic E-state index is -0.459. The standard InChI is InChI=1S/C23H21ClN4O3/c1-15-12-16-6-3-5-9-20(16)28(15)23(31)19-10-11-22(30)27(26-19)14-21(29)25-13-17-7-2-4-8-18(17)24/h2-11,15H,12-14H2,1H3,(H,25,29)/t15-/m1/s1. The van der Waals surface area contributed by atoms with Gasteiger partial charge in [-0.1, -0.05) is 48.0 Å². The molecule has 2 aromatic carbocycles. The molecule has 3 aromatic rings. The molecule has 0 radical (unpaired) electrons. The van der Waals surface area contributed by atoms with Crippen LogP contribution in [0, 0.1) is 0 Å². The summed E-state index contributed by atoms with van der Waals surface area (Å²) in [6.07, 6.45) is 0.756. The molecule has 0 saturated heterocycles. The Morgan fingerprint density at radius 1 is 1.10 bits per heavy atom. The van der Waals surface area contributed by atoms with E-state index in [0.717, 1.165) is 27.9 Å². The third kappa shape index (κ3) is 4.36. The van der Waals surface area contributed by atoms with E-state index in [1.54, 1.807) is 23.1 Å². The first-order valence-corrected chi connectivity index (χ1v) is 10.3. The first-order chi connectivity index (χ1) is 14.9. The van der Waals surface area contributed by atoms with E-state index in [-0.39, 0.29) is 30.7 Å². The SMILES string of the molecule is C[C@@H]1Cc2ccccc2N1C(=O)c1ccc(=O)n(CC(=O)NCc2ccccc2Cl)n1. The molecule has 0 bridgehead atoms. The summed E-state index contributed by atoms with van der Waals surface area (Å²) in [5.74, 6) is -0.707. The Hall–Kier alpha value is -3.45. The highest BCUT2D eigenvalue weighted by Gasteiger charge is 2.32. The van der Waals surface area contributed by atoms with Crippen LogP contribution in [0.3, 0.4) is 0 Å². The molecule has 1 N–H and O–H groups in total. The maximum absolute atomic E-state index is 13.2. The molecule has 0 saturated carbocycles. The molecule has 0 fully saturated rings. The van der Waals surface area contributed by atoms with Crippen LogP contribution in [-0.4, -0.2) is 27.6 Å². The van der Waals surface area contributed by atoms with Gasteiger partial charge in [-0.05, 0) is 42.7 Å². The van der Waals surface area contributed by atoms with Crippen molar-refractivity contribution < 1.29 is 9.59 Å². The molecule has 1 aliphatic heterocycles. The Labute approximate surface area is 184 Å². The largest absolute Gasteiger partial charge is 0.350 e. The number of amides is 2. The zero-order chi connectivity index (χ0) is 22.0. The number of hydrogen-bond donors (Lipinski definition) is 1. The summed E-state index contributed by atoms with van der Waals surface area (Å²) in [5.41, 5.74) is 2.36. The number of hydrogen-bond acceptors (Lipinski definition) is 4. The van der Waals surface area contributed by atoms with Gasteiger partial charge in [0, 0.05) is 29.4 Å². The second-order valence-corrected chi connectivity index (χ2v) is 7.85. The van der Waals surface area contributed by atoms with Gasteiger partial charge >= 0.3 is 0 Å². The van der Waals surface area contributed by atoms with Crippen molar-refractivity contribution in [3.05, 3.63) is 92.9 Å². The van der Waals surface area contributed by atoms with E-state index in [2.05, 4.69) is 10.4 Å². The highest BCUT2D eigenvalue weighted by molar-refractivity contribution is 6.31. The van der Waals surface area contributed by atoms with Gasteiger partial charge in [-0.2, -0.15) is 5.10 Å². The normalized spacial score (nSPS) is 14.9. The lowest BCUT2D eigenvalue weighted by molar-refractivity contribution is -0.122. The Kier molecular flexibility index (Phi) is 5.86. The third-order valence-corrected chi connectivity index (χ3v) is 5.61. The highest BCUT2D eigenvalue weighted by atomic mass is 35.5. The van der Waals surface area contributed by atoms with E-state index in [0.29, 0.717) is 5.02 Å². The molecule has 0 spiro atoms. The third-order valence-electron chi connectivity index (χ3n) is 5.24. The second kappa shape index (κ2) is 8.73. The zero-order valence-electron chi connectivity index (χ0n) is 16.9. The van der Waals surface area contributed by atoms with E-state index in [1.165, 1.54) is 12.1 Å². The van der Waals surface area contributed by atoms with Crippen LogP contribution in [0.1, 0.15) is 28.5 Å². The zero-order valence-corrected chi connectivity index (χ0v) is 17.7. The van der Waals surface area contributed by atoms with Gasteiger partial charge in [0.25, 0.3) is 11.5 Å². The quantitative estimate of drug-likeness (QED) is 0.666. The van der Waals surface area contributed by atoms with Crippen LogP contribution in [0.4, 0.5) is 5.69 Å². The molecule has 4 rings (SSSR count). The van der Waals surface area contributed by atoms with Gasteiger partial charge in [0.2, 0.25) is 5.91 Å². The predicted molar refractivity (Wildman–Crippen MR) is 118 cm³/mol. The summed E-state index contributed by atoms with van der Waals surface area (Å²) in [6.45, 7) is 1.90. The first kappa shape index (κ1) is 20.8. The summed E-state index contributed by atoms with van der Waals surface area (Å²) in [6, 6.07) is 17.5. The van der Waals surface area contributed by atoms with Crippen molar-refractivity contribution in [2.45, 2.75) is 32.5 Å². The monoisotopic (exact) mass is 436 g/mol. The predicted octanol–water partition coefficient (Wildman–Crippen LogP) is 2.80. The molecule has 8 heteroatoms. The number of anilines is 1.